The Morgan fingerprint density at radius 3 is 2.82 bits per heavy atom. The predicted molar refractivity (Wildman–Crippen MR) is 80.5 cm³/mol. The molecule has 2 fully saturated rings. The monoisotopic (exact) mass is 308 g/mol. The van der Waals surface area contributed by atoms with Gasteiger partial charge >= 0.3 is 5.69 Å². The first-order valence-corrected chi connectivity index (χ1v) is 8.07. The number of carbonyl (C=O) groups is 1. The van der Waals surface area contributed by atoms with Crippen LogP contribution in [0.2, 0.25) is 0 Å². The van der Waals surface area contributed by atoms with Gasteiger partial charge in [0.25, 0.3) is 0 Å². The summed E-state index contributed by atoms with van der Waals surface area (Å²) < 4.78 is 5.34. The van der Waals surface area contributed by atoms with E-state index in [1.807, 2.05) is 4.90 Å². The van der Waals surface area contributed by atoms with Gasteiger partial charge in [-0.1, -0.05) is 12.8 Å². The number of piperidine rings is 1. The first kappa shape index (κ1) is 15.3. The Labute approximate surface area is 129 Å². The maximum Gasteiger partial charge on any atom is 0.340 e. The van der Waals surface area contributed by atoms with E-state index in [4.69, 9.17) is 4.74 Å². The van der Waals surface area contributed by atoms with Crippen LogP contribution in [0.3, 0.4) is 0 Å². The van der Waals surface area contributed by atoms with Crippen LogP contribution >= 0.6 is 0 Å². The normalized spacial score (nSPS) is 24.6. The smallest absolute Gasteiger partial charge is 0.340 e. The number of aromatic amines is 2. The SMILES string of the molecule is COCC1(C(=O)N2CCC[C@@H](c3n[nH]c(=O)[nH]3)C2)CCCC1. The fourth-order valence-electron chi connectivity index (χ4n) is 3.94. The molecule has 2 N–H and O–H groups in total. The number of amides is 1. The molecule has 1 amide bonds. The molecule has 0 radical (unpaired) electrons. The number of aromatic nitrogens is 3. The molecule has 1 saturated heterocycles. The lowest BCUT2D eigenvalue weighted by Gasteiger charge is -2.38. The molecular weight excluding hydrogens is 284 g/mol. The lowest BCUT2D eigenvalue weighted by Crippen LogP contribution is -2.48. The van der Waals surface area contributed by atoms with E-state index in [0.29, 0.717) is 19.0 Å². The van der Waals surface area contributed by atoms with Crippen LogP contribution in [0.5, 0.6) is 0 Å². The van der Waals surface area contributed by atoms with E-state index in [-0.39, 0.29) is 22.9 Å². The quantitative estimate of drug-likeness (QED) is 0.868. The number of rotatable bonds is 4. The predicted octanol–water partition coefficient (Wildman–Crippen LogP) is 1.01. The second kappa shape index (κ2) is 6.24. The zero-order valence-electron chi connectivity index (χ0n) is 13.1. The molecule has 1 aliphatic heterocycles. The Morgan fingerprint density at radius 1 is 1.41 bits per heavy atom. The summed E-state index contributed by atoms with van der Waals surface area (Å²) in [4.78, 5) is 28.9. The molecule has 1 aliphatic carbocycles. The summed E-state index contributed by atoms with van der Waals surface area (Å²) in [6.45, 7) is 1.92. The molecule has 0 spiro atoms. The minimum atomic E-state index is -0.338. The van der Waals surface area contributed by atoms with Crippen LogP contribution in [-0.4, -0.2) is 52.8 Å². The summed E-state index contributed by atoms with van der Waals surface area (Å²) in [6.07, 6.45) is 5.91. The number of hydrogen-bond acceptors (Lipinski definition) is 4. The molecule has 7 nitrogen and oxygen atoms in total. The summed E-state index contributed by atoms with van der Waals surface area (Å²) in [5.41, 5.74) is -0.625. The number of H-pyrrole nitrogens is 2. The van der Waals surface area contributed by atoms with E-state index in [9.17, 15) is 9.59 Å². The summed E-state index contributed by atoms with van der Waals surface area (Å²) in [6, 6.07) is 0. The summed E-state index contributed by atoms with van der Waals surface area (Å²) in [5.74, 6) is 0.988. The molecular formula is C15H24N4O3. The zero-order chi connectivity index (χ0) is 15.6. The van der Waals surface area contributed by atoms with Gasteiger partial charge in [-0.15, -0.1) is 0 Å². The third-order valence-corrected chi connectivity index (χ3v) is 5.05. The van der Waals surface area contributed by atoms with Crippen LogP contribution in [0.4, 0.5) is 0 Å². The third kappa shape index (κ3) is 2.82. The van der Waals surface area contributed by atoms with Crippen molar-refractivity contribution in [1.29, 1.82) is 0 Å². The van der Waals surface area contributed by atoms with Crippen molar-refractivity contribution in [2.75, 3.05) is 26.8 Å². The second-order valence-electron chi connectivity index (χ2n) is 6.57. The number of carbonyl (C=O) groups excluding carboxylic acids is 1. The molecule has 1 atom stereocenters. The van der Waals surface area contributed by atoms with Gasteiger partial charge in [0, 0.05) is 26.1 Å². The van der Waals surface area contributed by atoms with Gasteiger partial charge in [0.05, 0.1) is 12.0 Å². The standard InChI is InChI=1S/C15H24N4O3/c1-22-10-15(6-2-3-7-15)13(20)19-8-4-5-11(9-19)12-16-14(21)18-17-12/h11H,2-10H2,1H3,(H2,16,17,18,21)/t11-/m1/s1. The van der Waals surface area contributed by atoms with E-state index in [2.05, 4.69) is 15.2 Å². The highest BCUT2D eigenvalue weighted by molar-refractivity contribution is 5.83. The van der Waals surface area contributed by atoms with E-state index in [1.54, 1.807) is 7.11 Å². The number of hydrogen-bond donors (Lipinski definition) is 2. The molecule has 2 aliphatic rings. The van der Waals surface area contributed by atoms with Crippen molar-refractivity contribution in [2.24, 2.45) is 5.41 Å². The lowest BCUT2D eigenvalue weighted by atomic mass is 9.84. The minimum absolute atomic E-state index is 0.109. The molecule has 0 bridgehead atoms. The van der Waals surface area contributed by atoms with Crippen LogP contribution < -0.4 is 5.69 Å². The molecule has 22 heavy (non-hydrogen) atoms. The number of nitrogens with zero attached hydrogens (tertiary/aromatic N) is 2. The summed E-state index contributed by atoms with van der Waals surface area (Å²) in [7, 11) is 1.67. The van der Waals surface area contributed by atoms with Gasteiger partial charge in [0.15, 0.2) is 0 Å². The fourth-order valence-corrected chi connectivity index (χ4v) is 3.94. The first-order valence-electron chi connectivity index (χ1n) is 8.07. The van der Waals surface area contributed by atoms with Gasteiger partial charge in [-0.3, -0.25) is 9.78 Å². The average Bonchev–Trinajstić information content (AvgIpc) is 3.17. The van der Waals surface area contributed by atoms with E-state index < -0.39 is 0 Å². The highest BCUT2D eigenvalue weighted by Crippen LogP contribution is 2.41. The van der Waals surface area contributed by atoms with Crippen molar-refractivity contribution >= 4 is 5.91 Å². The maximum atomic E-state index is 13.0. The van der Waals surface area contributed by atoms with Crippen LogP contribution in [0.15, 0.2) is 4.79 Å². The minimum Gasteiger partial charge on any atom is -0.384 e. The molecule has 1 saturated carbocycles. The van der Waals surface area contributed by atoms with Gasteiger partial charge in [-0.05, 0) is 25.7 Å². The number of likely N-dealkylation sites (tertiary alicyclic amines) is 1. The Bertz CT molecular complexity index is 573. The Hall–Kier alpha value is -1.63. The van der Waals surface area contributed by atoms with Crippen LogP contribution in [0.1, 0.15) is 50.3 Å². The van der Waals surface area contributed by atoms with E-state index in [1.165, 1.54) is 0 Å². The van der Waals surface area contributed by atoms with Gasteiger partial charge < -0.3 is 9.64 Å². The summed E-state index contributed by atoms with van der Waals surface area (Å²) >= 11 is 0. The molecule has 0 aromatic carbocycles. The van der Waals surface area contributed by atoms with Crippen molar-refractivity contribution in [3.05, 3.63) is 16.3 Å². The molecule has 0 unspecified atom stereocenters. The van der Waals surface area contributed by atoms with Crippen molar-refractivity contribution in [2.45, 2.75) is 44.4 Å². The fraction of sp³-hybridized carbons (Fsp3) is 0.800. The Morgan fingerprint density at radius 2 is 2.18 bits per heavy atom. The molecule has 7 heteroatoms. The van der Waals surface area contributed by atoms with Crippen LogP contribution in [0, 0.1) is 5.41 Å². The largest absolute Gasteiger partial charge is 0.384 e. The van der Waals surface area contributed by atoms with Crippen molar-refractivity contribution in [1.82, 2.24) is 20.1 Å². The van der Waals surface area contributed by atoms with Gasteiger partial charge in [-0.25, -0.2) is 9.89 Å². The lowest BCUT2D eigenvalue weighted by molar-refractivity contribution is -0.146. The van der Waals surface area contributed by atoms with E-state index >= 15 is 0 Å². The third-order valence-electron chi connectivity index (χ3n) is 5.05. The Balaban J connectivity index is 1.73. The van der Waals surface area contributed by atoms with Gasteiger partial charge in [0.1, 0.15) is 5.82 Å². The van der Waals surface area contributed by atoms with E-state index in [0.717, 1.165) is 45.1 Å². The van der Waals surface area contributed by atoms with Crippen molar-refractivity contribution in [3.8, 4) is 0 Å². The topological polar surface area (TPSA) is 91.1 Å². The van der Waals surface area contributed by atoms with Crippen molar-refractivity contribution < 1.29 is 9.53 Å². The van der Waals surface area contributed by atoms with Crippen LogP contribution in [-0.2, 0) is 9.53 Å². The number of nitrogens with one attached hydrogen (secondary N) is 2. The van der Waals surface area contributed by atoms with Crippen molar-refractivity contribution in [3.63, 3.8) is 0 Å². The average molecular weight is 308 g/mol. The molecule has 2 heterocycles. The molecule has 3 rings (SSSR count). The zero-order valence-corrected chi connectivity index (χ0v) is 13.1. The van der Waals surface area contributed by atoms with Gasteiger partial charge in [-0.2, -0.15) is 5.10 Å². The molecule has 1 aromatic heterocycles. The second-order valence-corrected chi connectivity index (χ2v) is 6.57. The molecule has 122 valence electrons. The molecule has 1 aromatic rings. The highest BCUT2D eigenvalue weighted by atomic mass is 16.5. The first-order chi connectivity index (χ1) is 10.6. The van der Waals surface area contributed by atoms with Gasteiger partial charge in [0.2, 0.25) is 5.91 Å². The summed E-state index contributed by atoms with van der Waals surface area (Å²) in [5, 5.41) is 6.44. The number of methoxy groups -OCH3 is 1. The number of ether oxygens (including phenoxy) is 1. The Kier molecular flexibility index (Phi) is 4.33. The maximum absolute atomic E-state index is 13.0. The van der Waals surface area contributed by atoms with Crippen LogP contribution in [0.25, 0.3) is 0 Å². The highest BCUT2D eigenvalue weighted by Gasteiger charge is 2.44.